The van der Waals surface area contributed by atoms with Crippen molar-refractivity contribution in [2.24, 2.45) is 0 Å². The number of rotatable bonds is 1. The molecule has 5 nitrogen and oxygen atoms in total. The zero-order valence-electron chi connectivity index (χ0n) is 6.40. The van der Waals surface area contributed by atoms with Crippen molar-refractivity contribution in [1.29, 1.82) is 0 Å². The number of H-pyrrole nitrogens is 1. The largest absolute Gasteiger partial charge is 0.389 e. The lowest BCUT2D eigenvalue weighted by atomic mass is 10.1. The van der Waals surface area contributed by atoms with Gasteiger partial charge in [-0.05, 0) is 0 Å². The Morgan fingerprint density at radius 1 is 1.67 bits per heavy atom. The van der Waals surface area contributed by atoms with Gasteiger partial charge in [-0.25, -0.2) is 5.10 Å². The molecule has 2 heterocycles. The Kier molecular flexibility index (Phi) is 1.58. The first kappa shape index (κ1) is 7.30. The fraction of sp³-hybridized carbons (Fsp3) is 0.429. The Labute approximate surface area is 68.6 Å². The monoisotopic (exact) mass is 167 g/mol. The second-order valence-corrected chi connectivity index (χ2v) is 2.86. The highest BCUT2D eigenvalue weighted by Crippen LogP contribution is 2.16. The SMILES string of the molecule is O=c1cc(N2CC(O)C2)cn[nH]1. The van der Waals surface area contributed by atoms with Crippen molar-refractivity contribution in [3.63, 3.8) is 0 Å². The Balaban J connectivity index is 2.19. The predicted molar refractivity (Wildman–Crippen MR) is 43.1 cm³/mol. The Morgan fingerprint density at radius 3 is 3.00 bits per heavy atom. The zero-order chi connectivity index (χ0) is 8.55. The topological polar surface area (TPSA) is 69.2 Å². The Morgan fingerprint density at radius 2 is 2.42 bits per heavy atom. The van der Waals surface area contributed by atoms with E-state index in [-0.39, 0.29) is 11.7 Å². The number of aromatic amines is 1. The van der Waals surface area contributed by atoms with Gasteiger partial charge in [-0.2, -0.15) is 5.10 Å². The number of nitrogens with one attached hydrogen (secondary N) is 1. The van der Waals surface area contributed by atoms with Gasteiger partial charge in [0.25, 0.3) is 5.56 Å². The minimum atomic E-state index is -0.260. The fourth-order valence-electron chi connectivity index (χ4n) is 1.20. The first-order chi connectivity index (χ1) is 5.75. The van der Waals surface area contributed by atoms with Crippen LogP contribution in [0.3, 0.4) is 0 Å². The molecule has 5 heteroatoms. The molecule has 2 rings (SSSR count). The van der Waals surface area contributed by atoms with Gasteiger partial charge < -0.3 is 10.0 Å². The molecule has 0 unspecified atom stereocenters. The van der Waals surface area contributed by atoms with Gasteiger partial charge in [0.2, 0.25) is 0 Å². The summed E-state index contributed by atoms with van der Waals surface area (Å²) >= 11 is 0. The number of aromatic nitrogens is 2. The predicted octanol–water partition coefficient (Wildman–Crippen LogP) is -1.05. The summed E-state index contributed by atoms with van der Waals surface area (Å²) in [5.41, 5.74) is 0.554. The third-order valence-electron chi connectivity index (χ3n) is 1.88. The third-order valence-corrected chi connectivity index (χ3v) is 1.88. The quantitative estimate of drug-likeness (QED) is 0.560. The summed E-state index contributed by atoms with van der Waals surface area (Å²) in [6, 6.07) is 1.47. The number of aliphatic hydroxyl groups excluding tert-OH is 1. The second kappa shape index (κ2) is 2.60. The van der Waals surface area contributed by atoms with Gasteiger partial charge in [-0.3, -0.25) is 4.79 Å². The number of hydrogen-bond donors (Lipinski definition) is 2. The highest BCUT2D eigenvalue weighted by molar-refractivity contribution is 5.45. The van der Waals surface area contributed by atoms with Crippen LogP contribution in [0.5, 0.6) is 0 Å². The molecule has 1 aliphatic rings. The average Bonchev–Trinajstić information content (AvgIpc) is 1.99. The molecule has 0 atom stereocenters. The standard InChI is InChI=1S/C7H9N3O2/c11-6-3-10(4-6)5-1-7(12)9-8-2-5/h1-2,6,11H,3-4H2,(H,9,12). The van der Waals surface area contributed by atoms with Gasteiger partial charge in [0.05, 0.1) is 18.0 Å². The summed E-state index contributed by atoms with van der Waals surface area (Å²) in [6.07, 6.45) is 1.32. The van der Waals surface area contributed by atoms with Crippen molar-refractivity contribution in [2.45, 2.75) is 6.10 Å². The van der Waals surface area contributed by atoms with Crippen LogP contribution in [0.4, 0.5) is 5.69 Å². The maximum atomic E-state index is 10.8. The van der Waals surface area contributed by atoms with Gasteiger partial charge in [0.15, 0.2) is 0 Å². The van der Waals surface area contributed by atoms with Crippen molar-refractivity contribution >= 4 is 5.69 Å². The van der Waals surface area contributed by atoms with E-state index in [4.69, 9.17) is 5.11 Å². The van der Waals surface area contributed by atoms with Crippen LogP contribution in [0.25, 0.3) is 0 Å². The molecular weight excluding hydrogens is 158 g/mol. The molecule has 0 amide bonds. The summed E-state index contributed by atoms with van der Waals surface area (Å²) < 4.78 is 0. The number of hydrogen-bond acceptors (Lipinski definition) is 4. The molecule has 12 heavy (non-hydrogen) atoms. The summed E-state index contributed by atoms with van der Waals surface area (Å²) in [5.74, 6) is 0. The molecule has 0 aliphatic carbocycles. The summed E-state index contributed by atoms with van der Waals surface area (Å²) in [5, 5.41) is 14.9. The minimum Gasteiger partial charge on any atom is -0.389 e. The molecule has 1 aromatic rings. The van der Waals surface area contributed by atoms with E-state index in [1.807, 2.05) is 4.90 Å². The van der Waals surface area contributed by atoms with Crippen LogP contribution in [-0.2, 0) is 0 Å². The van der Waals surface area contributed by atoms with E-state index < -0.39 is 0 Å². The van der Waals surface area contributed by atoms with E-state index in [1.165, 1.54) is 6.07 Å². The highest BCUT2D eigenvalue weighted by Gasteiger charge is 2.24. The molecule has 0 saturated carbocycles. The van der Waals surface area contributed by atoms with Crippen LogP contribution in [0, 0.1) is 0 Å². The Hall–Kier alpha value is -1.36. The molecule has 0 radical (unpaired) electrons. The number of anilines is 1. The molecule has 64 valence electrons. The average molecular weight is 167 g/mol. The van der Waals surface area contributed by atoms with Crippen LogP contribution < -0.4 is 10.5 Å². The minimum absolute atomic E-state index is 0.214. The smallest absolute Gasteiger partial charge is 0.266 e. The molecule has 0 aromatic carbocycles. The molecule has 2 N–H and O–H groups in total. The van der Waals surface area contributed by atoms with E-state index >= 15 is 0 Å². The van der Waals surface area contributed by atoms with Gasteiger partial charge >= 0.3 is 0 Å². The summed E-state index contributed by atoms with van der Waals surface area (Å²) in [7, 11) is 0. The van der Waals surface area contributed by atoms with E-state index in [2.05, 4.69) is 10.2 Å². The van der Waals surface area contributed by atoms with E-state index in [1.54, 1.807) is 6.20 Å². The molecule has 1 aliphatic heterocycles. The summed E-state index contributed by atoms with van der Waals surface area (Å²) in [6.45, 7) is 1.18. The lowest BCUT2D eigenvalue weighted by Crippen LogP contribution is -2.51. The van der Waals surface area contributed by atoms with Crippen LogP contribution >= 0.6 is 0 Å². The number of β-amino-alcohol motifs (C(OH)–C–C–N with tert-alkyl or cyclic N) is 1. The van der Waals surface area contributed by atoms with Crippen molar-refractivity contribution in [2.75, 3.05) is 18.0 Å². The molecule has 0 bridgehead atoms. The summed E-state index contributed by atoms with van der Waals surface area (Å²) in [4.78, 5) is 12.7. The van der Waals surface area contributed by atoms with E-state index in [0.717, 1.165) is 5.69 Å². The van der Waals surface area contributed by atoms with Crippen LogP contribution in [0.2, 0.25) is 0 Å². The Bertz CT molecular complexity index is 329. The first-order valence-corrected chi connectivity index (χ1v) is 3.73. The van der Waals surface area contributed by atoms with E-state index in [0.29, 0.717) is 13.1 Å². The molecular formula is C7H9N3O2. The number of nitrogens with zero attached hydrogens (tertiary/aromatic N) is 2. The maximum Gasteiger partial charge on any atom is 0.266 e. The van der Waals surface area contributed by atoms with Crippen LogP contribution in [0.1, 0.15) is 0 Å². The van der Waals surface area contributed by atoms with Crippen molar-refractivity contribution < 1.29 is 5.11 Å². The van der Waals surface area contributed by atoms with Crippen LogP contribution in [0.15, 0.2) is 17.1 Å². The first-order valence-electron chi connectivity index (χ1n) is 3.73. The lowest BCUT2D eigenvalue weighted by molar-refractivity contribution is 0.142. The molecule has 1 aromatic heterocycles. The fourth-order valence-corrected chi connectivity index (χ4v) is 1.20. The molecule has 1 saturated heterocycles. The maximum absolute atomic E-state index is 10.8. The highest BCUT2D eigenvalue weighted by atomic mass is 16.3. The normalized spacial score (nSPS) is 17.6. The number of aliphatic hydroxyl groups is 1. The van der Waals surface area contributed by atoms with Gasteiger partial charge in [0.1, 0.15) is 0 Å². The van der Waals surface area contributed by atoms with Gasteiger partial charge in [0, 0.05) is 19.2 Å². The second-order valence-electron chi connectivity index (χ2n) is 2.86. The molecule has 1 fully saturated rings. The van der Waals surface area contributed by atoms with Crippen molar-refractivity contribution in [1.82, 2.24) is 10.2 Å². The lowest BCUT2D eigenvalue weighted by Gasteiger charge is -2.37. The van der Waals surface area contributed by atoms with E-state index in [9.17, 15) is 4.79 Å². The van der Waals surface area contributed by atoms with Crippen molar-refractivity contribution in [3.8, 4) is 0 Å². The van der Waals surface area contributed by atoms with Crippen LogP contribution in [-0.4, -0.2) is 34.5 Å². The zero-order valence-corrected chi connectivity index (χ0v) is 6.40. The van der Waals surface area contributed by atoms with Crippen molar-refractivity contribution in [3.05, 3.63) is 22.6 Å². The third kappa shape index (κ3) is 1.18. The van der Waals surface area contributed by atoms with Gasteiger partial charge in [-0.1, -0.05) is 0 Å². The molecule has 0 spiro atoms. The van der Waals surface area contributed by atoms with Gasteiger partial charge in [-0.15, -0.1) is 0 Å².